The van der Waals surface area contributed by atoms with Crippen LogP contribution >= 0.6 is 0 Å². The molecule has 1 rings (SSSR count). The largest absolute Gasteiger partial charge is 0.339 e. The normalized spacial score (nSPS) is 10.3. The monoisotopic (exact) mass is 231 g/mol. The second-order valence-electron chi connectivity index (χ2n) is 3.22. The van der Waals surface area contributed by atoms with Crippen LogP contribution in [0.4, 0.5) is 13.2 Å². The highest BCUT2D eigenvalue weighted by Crippen LogP contribution is 2.15. The minimum atomic E-state index is -1.30. The molecule has 0 aliphatic rings. The van der Waals surface area contributed by atoms with Crippen LogP contribution in [0.25, 0.3) is 0 Å². The molecule has 0 aliphatic heterocycles. The third-order valence-electron chi connectivity index (χ3n) is 2.29. The van der Waals surface area contributed by atoms with Gasteiger partial charge in [-0.15, -0.1) is 0 Å². The first-order valence-electron chi connectivity index (χ1n) is 4.95. The van der Waals surface area contributed by atoms with E-state index in [9.17, 15) is 18.0 Å². The first-order valence-corrected chi connectivity index (χ1v) is 4.95. The van der Waals surface area contributed by atoms with E-state index in [-0.39, 0.29) is 0 Å². The molecule has 0 aromatic heterocycles. The standard InChI is InChI=1S/C11H12F3NO/c1-3-15(4-2)11(16)7-5-9(13)10(14)6-8(7)12/h5-6H,3-4H2,1-2H3. The average Bonchev–Trinajstić information content (AvgIpc) is 2.25. The summed E-state index contributed by atoms with van der Waals surface area (Å²) in [7, 11) is 0. The first-order chi connectivity index (χ1) is 7.51. The van der Waals surface area contributed by atoms with Crippen LogP contribution in [0.2, 0.25) is 0 Å². The molecule has 0 unspecified atom stereocenters. The maximum atomic E-state index is 13.3. The Morgan fingerprint density at radius 1 is 1.06 bits per heavy atom. The van der Waals surface area contributed by atoms with Gasteiger partial charge in [0.05, 0.1) is 5.56 Å². The number of hydrogen-bond donors (Lipinski definition) is 0. The van der Waals surface area contributed by atoms with Crippen molar-refractivity contribution >= 4 is 5.91 Å². The molecule has 16 heavy (non-hydrogen) atoms. The van der Waals surface area contributed by atoms with Crippen molar-refractivity contribution in [2.75, 3.05) is 13.1 Å². The number of carbonyl (C=O) groups excluding carboxylic acids is 1. The Bertz CT molecular complexity index is 402. The molecular weight excluding hydrogens is 219 g/mol. The molecule has 0 heterocycles. The summed E-state index contributed by atoms with van der Waals surface area (Å²) in [6.45, 7) is 4.21. The third-order valence-corrected chi connectivity index (χ3v) is 2.29. The van der Waals surface area contributed by atoms with E-state index >= 15 is 0 Å². The Hall–Kier alpha value is -1.52. The van der Waals surface area contributed by atoms with Crippen LogP contribution < -0.4 is 0 Å². The Labute approximate surface area is 91.7 Å². The highest BCUT2D eigenvalue weighted by Gasteiger charge is 2.19. The molecule has 1 aromatic rings. The Kier molecular flexibility index (Phi) is 3.93. The van der Waals surface area contributed by atoms with Crippen LogP contribution in [-0.2, 0) is 0 Å². The van der Waals surface area contributed by atoms with Crippen molar-refractivity contribution in [2.24, 2.45) is 0 Å². The van der Waals surface area contributed by atoms with E-state index in [0.29, 0.717) is 25.2 Å². The summed E-state index contributed by atoms with van der Waals surface area (Å²) in [6.07, 6.45) is 0. The summed E-state index contributed by atoms with van der Waals surface area (Å²) in [4.78, 5) is 13.0. The number of nitrogens with zero attached hydrogens (tertiary/aromatic N) is 1. The summed E-state index contributed by atoms with van der Waals surface area (Å²) < 4.78 is 38.8. The van der Waals surface area contributed by atoms with Gasteiger partial charge < -0.3 is 4.90 Å². The zero-order chi connectivity index (χ0) is 12.3. The molecule has 0 atom stereocenters. The van der Waals surface area contributed by atoms with Gasteiger partial charge in [0.2, 0.25) is 0 Å². The molecule has 0 radical (unpaired) electrons. The lowest BCUT2D eigenvalue weighted by Gasteiger charge is -2.18. The first kappa shape index (κ1) is 12.5. The number of hydrogen-bond acceptors (Lipinski definition) is 1. The minimum Gasteiger partial charge on any atom is -0.339 e. The van der Waals surface area contributed by atoms with Crippen LogP contribution in [0.1, 0.15) is 24.2 Å². The predicted octanol–water partition coefficient (Wildman–Crippen LogP) is 2.59. The Balaban J connectivity index is 3.13. The molecule has 0 N–H and O–H groups in total. The summed E-state index contributed by atoms with van der Waals surface area (Å²) in [5.74, 6) is -4.21. The van der Waals surface area contributed by atoms with Gasteiger partial charge in [-0.05, 0) is 19.9 Å². The van der Waals surface area contributed by atoms with E-state index in [2.05, 4.69) is 0 Å². The highest BCUT2D eigenvalue weighted by molar-refractivity contribution is 5.94. The van der Waals surface area contributed by atoms with Crippen LogP contribution in [0, 0.1) is 17.5 Å². The number of benzene rings is 1. The van der Waals surface area contributed by atoms with Gasteiger partial charge in [0.25, 0.3) is 5.91 Å². The molecule has 0 fully saturated rings. The summed E-state index contributed by atoms with van der Waals surface area (Å²) in [5.41, 5.74) is -0.442. The number of rotatable bonds is 3. The maximum Gasteiger partial charge on any atom is 0.256 e. The fourth-order valence-corrected chi connectivity index (χ4v) is 1.37. The van der Waals surface area contributed by atoms with Gasteiger partial charge in [-0.3, -0.25) is 4.79 Å². The molecule has 2 nitrogen and oxygen atoms in total. The van der Waals surface area contributed by atoms with E-state index in [4.69, 9.17) is 0 Å². The SMILES string of the molecule is CCN(CC)C(=O)c1cc(F)c(F)cc1F. The lowest BCUT2D eigenvalue weighted by molar-refractivity contribution is 0.0767. The van der Waals surface area contributed by atoms with Crippen LogP contribution in [0.5, 0.6) is 0 Å². The summed E-state index contributed by atoms with van der Waals surface area (Å²) >= 11 is 0. The zero-order valence-electron chi connectivity index (χ0n) is 9.06. The van der Waals surface area contributed by atoms with Crippen molar-refractivity contribution in [1.82, 2.24) is 4.90 Å². The van der Waals surface area contributed by atoms with Crippen molar-refractivity contribution < 1.29 is 18.0 Å². The zero-order valence-corrected chi connectivity index (χ0v) is 9.06. The number of carbonyl (C=O) groups is 1. The van der Waals surface area contributed by atoms with Crippen molar-refractivity contribution in [3.63, 3.8) is 0 Å². The molecule has 88 valence electrons. The van der Waals surface area contributed by atoms with E-state index in [1.54, 1.807) is 13.8 Å². The molecule has 0 aliphatic carbocycles. The summed E-state index contributed by atoms with van der Waals surface area (Å²) in [5, 5.41) is 0. The maximum absolute atomic E-state index is 13.3. The van der Waals surface area contributed by atoms with Crippen LogP contribution in [0.3, 0.4) is 0 Å². The lowest BCUT2D eigenvalue weighted by Crippen LogP contribution is -2.31. The van der Waals surface area contributed by atoms with Crippen molar-refractivity contribution in [3.8, 4) is 0 Å². The molecular formula is C11H12F3NO. The van der Waals surface area contributed by atoms with Crippen molar-refractivity contribution in [2.45, 2.75) is 13.8 Å². The van der Waals surface area contributed by atoms with Gasteiger partial charge in [0, 0.05) is 19.2 Å². The molecule has 0 bridgehead atoms. The Morgan fingerprint density at radius 2 is 1.56 bits per heavy atom. The number of amides is 1. The van der Waals surface area contributed by atoms with Gasteiger partial charge >= 0.3 is 0 Å². The Morgan fingerprint density at radius 3 is 2.06 bits per heavy atom. The summed E-state index contributed by atoms with van der Waals surface area (Å²) in [6, 6.07) is 0.970. The predicted molar refractivity (Wildman–Crippen MR) is 53.6 cm³/mol. The van der Waals surface area contributed by atoms with Crippen molar-refractivity contribution in [1.29, 1.82) is 0 Å². The third kappa shape index (κ3) is 2.35. The smallest absolute Gasteiger partial charge is 0.256 e. The molecule has 0 spiro atoms. The van der Waals surface area contributed by atoms with E-state index in [0.717, 1.165) is 0 Å². The molecule has 0 saturated carbocycles. The molecule has 1 aromatic carbocycles. The minimum absolute atomic E-state index is 0.381. The average molecular weight is 231 g/mol. The van der Waals surface area contributed by atoms with Gasteiger partial charge in [0.1, 0.15) is 5.82 Å². The van der Waals surface area contributed by atoms with E-state index in [1.165, 1.54) is 4.90 Å². The molecule has 1 amide bonds. The molecule has 5 heteroatoms. The molecule has 0 saturated heterocycles. The lowest BCUT2D eigenvalue weighted by atomic mass is 10.1. The second kappa shape index (κ2) is 5.01. The van der Waals surface area contributed by atoms with Gasteiger partial charge in [0.15, 0.2) is 11.6 Å². The van der Waals surface area contributed by atoms with Crippen LogP contribution in [0.15, 0.2) is 12.1 Å². The van der Waals surface area contributed by atoms with Gasteiger partial charge in [-0.25, -0.2) is 13.2 Å². The van der Waals surface area contributed by atoms with Gasteiger partial charge in [-0.1, -0.05) is 0 Å². The van der Waals surface area contributed by atoms with E-state index in [1.807, 2.05) is 0 Å². The fourth-order valence-electron chi connectivity index (χ4n) is 1.37. The van der Waals surface area contributed by atoms with Gasteiger partial charge in [-0.2, -0.15) is 0 Å². The fraction of sp³-hybridized carbons (Fsp3) is 0.364. The number of halogens is 3. The van der Waals surface area contributed by atoms with E-state index < -0.39 is 28.9 Å². The topological polar surface area (TPSA) is 20.3 Å². The van der Waals surface area contributed by atoms with Crippen molar-refractivity contribution in [3.05, 3.63) is 35.1 Å². The highest BCUT2D eigenvalue weighted by atomic mass is 19.2. The van der Waals surface area contributed by atoms with Crippen LogP contribution in [-0.4, -0.2) is 23.9 Å². The quantitative estimate of drug-likeness (QED) is 0.732. The second-order valence-corrected chi connectivity index (χ2v) is 3.22.